The van der Waals surface area contributed by atoms with Crippen molar-refractivity contribution in [3.63, 3.8) is 0 Å². The number of aryl methyl sites for hydroxylation is 1. The Morgan fingerprint density at radius 3 is 2.40 bits per heavy atom. The molecule has 0 unspecified atom stereocenters. The summed E-state index contributed by atoms with van der Waals surface area (Å²) in [7, 11) is 0. The monoisotopic (exact) mass is 289 g/mol. The number of amides is 1. The summed E-state index contributed by atoms with van der Waals surface area (Å²) in [6.07, 6.45) is 0. The Labute approximate surface area is 120 Å². The summed E-state index contributed by atoms with van der Waals surface area (Å²) in [6, 6.07) is 11.3. The van der Waals surface area contributed by atoms with Crippen LogP contribution in [0.4, 0.5) is 0 Å². The minimum atomic E-state index is -0.477. The molecule has 1 heterocycles. The van der Waals surface area contributed by atoms with Crippen LogP contribution in [0.5, 0.6) is 0 Å². The molecule has 0 saturated carbocycles. The van der Waals surface area contributed by atoms with E-state index in [1.165, 1.54) is 16.9 Å². The van der Waals surface area contributed by atoms with Gasteiger partial charge in [-0.25, -0.2) is 0 Å². The van der Waals surface area contributed by atoms with E-state index in [9.17, 15) is 4.79 Å². The molecule has 1 aromatic heterocycles. The van der Waals surface area contributed by atoms with Crippen molar-refractivity contribution in [2.75, 3.05) is 0 Å². The van der Waals surface area contributed by atoms with Gasteiger partial charge in [-0.1, -0.05) is 35.0 Å². The molecule has 1 amide bonds. The number of hydrogen-bond acceptors (Lipinski definition) is 4. The molecule has 20 heavy (non-hydrogen) atoms. The molecule has 0 fully saturated rings. The van der Waals surface area contributed by atoms with Crippen molar-refractivity contribution in [2.24, 2.45) is 16.6 Å². The second-order valence-electron chi connectivity index (χ2n) is 4.26. The second-order valence-corrected chi connectivity index (χ2v) is 5.35. The average Bonchev–Trinajstić information content (AvgIpc) is 2.91. The van der Waals surface area contributed by atoms with Crippen molar-refractivity contribution >= 4 is 23.1 Å². The fraction of sp³-hybridized carbons (Fsp3) is 0.143. The van der Waals surface area contributed by atoms with Gasteiger partial charge in [0.25, 0.3) is 5.91 Å². The van der Waals surface area contributed by atoms with Crippen molar-refractivity contribution in [2.45, 2.75) is 13.5 Å². The molecule has 0 aliphatic heterocycles. The van der Waals surface area contributed by atoms with Gasteiger partial charge < -0.3 is 16.3 Å². The number of amidine groups is 1. The van der Waals surface area contributed by atoms with E-state index in [0.717, 1.165) is 5.56 Å². The number of hydrogen-bond donors (Lipinski definition) is 2. The number of carbonyl (C=O) groups is 1. The Hall–Kier alpha value is -2.34. The number of thiophene rings is 1. The summed E-state index contributed by atoms with van der Waals surface area (Å²) >= 11 is 1.19. The first kappa shape index (κ1) is 14.1. The Morgan fingerprint density at radius 1 is 1.15 bits per heavy atom. The molecule has 0 aliphatic carbocycles. The quantitative estimate of drug-likeness (QED) is 0.501. The predicted octanol–water partition coefficient (Wildman–Crippen LogP) is 1.99. The Balaban J connectivity index is 1.96. The van der Waals surface area contributed by atoms with E-state index in [-0.39, 0.29) is 5.84 Å². The smallest absolute Gasteiger partial charge is 0.258 e. The first-order valence-corrected chi connectivity index (χ1v) is 6.79. The zero-order valence-corrected chi connectivity index (χ0v) is 11.8. The Morgan fingerprint density at radius 2 is 1.80 bits per heavy atom. The van der Waals surface area contributed by atoms with Crippen LogP contribution in [0.25, 0.3) is 0 Å². The fourth-order valence-corrected chi connectivity index (χ4v) is 2.27. The maximum atomic E-state index is 11.0. The molecule has 6 heteroatoms. The largest absolute Gasteiger partial charge is 0.389 e. The van der Waals surface area contributed by atoms with E-state index >= 15 is 0 Å². The normalized spacial score (nSPS) is 11.3. The summed E-state index contributed by atoms with van der Waals surface area (Å²) in [5.41, 5.74) is 13.2. The van der Waals surface area contributed by atoms with Crippen LogP contribution in [-0.2, 0) is 11.4 Å². The van der Waals surface area contributed by atoms with E-state index in [1.807, 2.05) is 31.2 Å². The molecule has 104 valence electrons. The summed E-state index contributed by atoms with van der Waals surface area (Å²) in [6.45, 7) is 2.36. The molecule has 0 radical (unpaired) electrons. The number of nitrogens with two attached hydrogens (primary N) is 2. The summed E-state index contributed by atoms with van der Waals surface area (Å²) in [4.78, 5) is 17.3. The van der Waals surface area contributed by atoms with Crippen LogP contribution in [0.2, 0.25) is 0 Å². The molecule has 5 nitrogen and oxygen atoms in total. The highest BCUT2D eigenvalue weighted by Crippen LogP contribution is 2.15. The molecular weight excluding hydrogens is 274 g/mol. The zero-order valence-electron chi connectivity index (χ0n) is 11.0. The van der Waals surface area contributed by atoms with Gasteiger partial charge in [-0.15, -0.1) is 11.3 Å². The van der Waals surface area contributed by atoms with Gasteiger partial charge in [0.15, 0.2) is 5.84 Å². The molecule has 2 aromatic rings. The van der Waals surface area contributed by atoms with Crippen LogP contribution < -0.4 is 11.5 Å². The van der Waals surface area contributed by atoms with Crippen molar-refractivity contribution < 1.29 is 9.63 Å². The van der Waals surface area contributed by atoms with Crippen molar-refractivity contribution in [1.82, 2.24) is 0 Å². The van der Waals surface area contributed by atoms with Gasteiger partial charge in [0.2, 0.25) is 0 Å². The highest BCUT2D eigenvalue weighted by molar-refractivity contribution is 7.16. The zero-order chi connectivity index (χ0) is 14.5. The van der Waals surface area contributed by atoms with E-state index in [1.54, 1.807) is 12.1 Å². The van der Waals surface area contributed by atoms with Gasteiger partial charge in [0.05, 0.1) is 9.75 Å². The average molecular weight is 289 g/mol. The predicted molar refractivity (Wildman–Crippen MR) is 79.5 cm³/mol. The Bertz CT molecular complexity index is 632. The molecule has 4 N–H and O–H groups in total. The van der Waals surface area contributed by atoms with E-state index < -0.39 is 5.91 Å². The number of benzene rings is 1. The van der Waals surface area contributed by atoms with E-state index in [4.69, 9.17) is 16.3 Å². The Kier molecular flexibility index (Phi) is 4.37. The van der Waals surface area contributed by atoms with Gasteiger partial charge in [0.1, 0.15) is 6.61 Å². The van der Waals surface area contributed by atoms with Crippen LogP contribution in [0, 0.1) is 6.92 Å². The maximum absolute atomic E-state index is 11.0. The summed E-state index contributed by atoms with van der Waals surface area (Å²) in [5, 5.41) is 3.84. The number of carbonyl (C=O) groups excluding carboxylic acids is 1. The van der Waals surface area contributed by atoms with Crippen LogP contribution in [0.1, 0.15) is 25.7 Å². The van der Waals surface area contributed by atoms with Gasteiger partial charge in [-0.2, -0.15) is 0 Å². The second kappa shape index (κ2) is 6.21. The minimum absolute atomic E-state index is 0.231. The number of rotatable bonds is 5. The first-order valence-electron chi connectivity index (χ1n) is 5.97. The van der Waals surface area contributed by atoms with Crippen molar-refractivity contribution in [3.8, 4) is 0 Å². The third-order valence-electron chi connectivity index (χ3n) is 2.62. The fourth-order valence-electron chi connectivity index (χ4n) is 1.51. The lowest BCUT2D eigenvalue weighted by atomic mass is 10.2. The van der Waals surface area contributed by atoms with Crippen LogP contribution in [0.15, 0.2) is 41.6 Å². The van der Waals surface area contributed by atoms with Crippen LogP contribution in [0.3, 0.4) is 0 Å². The standard InChI is InChI=1S/C14H15N3O2S/c1-9-2-4-10(5-3-9)8-19-17-13(15)11-6-7-12(20-11)14(16)18/h2-7H,8H2,1H3,(H2,15,17)(H2,16,18). The molecule has 0 atom stereocenters. The lowest BCUT2D eigenvalue weighted by Gasteiger charge is -2.01. The number of nitrogens with zero attached hydrogens (tertiary/aromatic N) is 1. The summed E-state index contributed by atoms with van der Waals surface area (Å²) in [5.74, 6) is -0.246. The first-order chi connectivity index (χ1) is 9.56. The molecular formula is C14H15N3O2S. The van der Waals surface area contributed by atoms with E-state index in [2.05, 4.69) is 5.16 Å². The molecule has 0 spiro atoms. The van der Waals surface area contributed by atoms with Crippen molar-refractivity contribution in [1.29, 1.82) is 0 Å². The van der Waals surface area contributed by atoms with Gasteiger partial charge in [-0.05, 0) is 24.6 Å². The van der Waals surface area contributed by atoms with Crippen LogP contribution >= 0.6 is 11.3 Å². The molecule has 0 aliphatic rings. The van der Waals surface area contributed by atoms with Crippen molar-refractivity contribution in [3.05, 3.63) is 57.3 Å². The maximum Gasteiger partial charge on any atom is 0.258 e. The minimum Gasteiger partial charge on any atom is -0.389 e. The third-order valence-corrected chi connectivity index (χ3v) is 3.74. The number of oxime groups is 1. The highest BCUT2D eigenvalue weighted by atomic mass is 32.1. The summed E-state index contributed by atoms with van der Waals surface area (Å²) < 4.78 is 0. The number of primary amides is 1. The molecule has 0 bridgehead atoms. The molecule has 2 rings (SSSR count). The van der Waals surface area contributed by atoms with Gasteiger partial charge >= 0.3 is 0 Å². The van der Waals surface area contributed by atoms with Gasteiger partial charge in [0, 0.05) is 0 Å². The molecule has 0 saturated heterocycles. The highest BCUT2D eigenvalue weighted by Gasteiger charge is 2.08. The van der Waals surface area contributed by atoms with Crippen LogP contribution in [-0.4, -0.2) is 11.7 Å². The molecule has 1 aromatic carbocycles. The van der Waals surface area contributed by atoms with E-state index in [0.29, 0.717) is 16.4 Å². The lowest BCUT2D eigenvalue weighted by Crippen LogP contribution is -2.12. The lowest BCUT2D eigenvalue weighted by molar-refractivity contribution is 0.100. The van der Waals surface area contributed by atoms with Gasteiger partial charge in [-0.3, -0.25) is 4.79 Å². The topological polar surface area (TPSA) is 90.7 Å². The SMILES string of the molecule is Cc1ccc(CON=C(N)c2ccc(C(N)=O)s2)cc1. The third kappa shape index (κ3) is 3.58.